The maximum absolute atomic E-state index is 11.8. The molecule has 2 aromatic rings. The van der Waals surface area contributed by atoms with Gasteiger partial charge >= 0.3 is 0 Å². The highest BCUT2D eigenvalue weighted by atomic mass is 32.1. The summed E-state index contributed by atoms with van der Waals surface area (Å²) in [6.07, 6.45) is 4.36. The summed E-state index contributed by atoms with van der Waals surface area (Å²) in [5.74, 6) is -0.347. The average molecular weight is 259 g/mol. The number of carbonyl (C=O) groups excluding carboxylic acids is 1. The van der Waals surface area contributed by atoms with E-state index in [9.17, 15) is 10.1 Å². The number of fused-ring (bicyclic) bond motifs is 1. The third-order valence-corrected chi connectivity index (χ3v) is 4.12. The Morgan fingerprint density at radius 3 is 3.17 bits per heavy atom. The molecule has 1 amide bonds. The van der Waals surface area contributed by atoms with Crippen LogP contribution < -0.4 is 5.32 Å². The Labute approximate surface area is 107 Å². The molecular weight excluding hydrogens is 250 g/mol. The molecule has 0 aliphatic heterocycles. The number of hydrogen-bond donors (Lipinski definition) is 2. The second-order valence-corrected chi connectivity index (χ2v) is 5.09. The largest absolute Gasteiger partial charge is 0.311 e. The van der Waals surface area contributed by atoms with Crippen LogP contribution in [0.1, 0.15) is 32.9 Å². The zero-order valence-electron chi connectivity index (χ0n) is 9.36. The topological polar surface area (TPSA) is 94.5 Å². The second kappa shape index (κ2) is 4.23. The van der Waals surface area contributed by atoms with E-state index in [-0.39, 0.29) is 11.6 Å². The van der Waals surface area contributed by atoms with Gasteiger partial charge in [0.1, 0.15) is 11.1 Å². The molecule has 90 valence electrons. The summed E-state index contributed by atoms with van der Waals surface area (Å²) < 4.78 is 0. The molecule has 0 radical (unpaired) electrons. The highest BCUT2D eigenvalue weighted by Gasteiger charge is 2.23. The minimum absolute atomic E-state index is 0.215. The van der Waals surface area contributed by atoms with Gasteiger partial charge in [-0.15, -0.1) is 11.3 Å². The fraction of sp³-hybridized carbons (Fsp3) is 0.273. The minimum atomic E-state index is -0.347. The van der Waals surface area contributed by atoms with E-state index in [1.807, 2.05) is 0 Å². The number of hydrogen-bond acceptors (Lipinski definition) is 5. The molecule has 6 nitrogen and oxygen atoms in total. The van der Waals surface area contributed by atoms with Crippen LogP contribution in [0.4, 0.5) is 5.00 Å². The van der Waals surface area contributed by atoms with E-state index in [1.54, 1.807) is 0 Å². The summed E-state index contributed by atoms with van der Waals surface area (Å²) in [5, 5.41) is 22.2. The van der Waals surface area contributed by atoms with E-state index in [0.717, 1.165) is 24.8 Å². The number of H-pyrrole nitrogens is 1. The van der Waals surface area contributed by atoms with Gasteiger partial charge in [-0.25, -0.2) is 0 Å². The predicted molar refractivity (Wildman–Crippen MR) is 65.4 cm³/mol. The molecule has 7 heteroatoms. The van der Waals surface area contributed by atoms with Crippen LogP contribution in [0.2, 0.25) is 0 Å². The lowest BCUT2D eigenvalue weighted by Gasteiger charge is -2.00. The van der Waals surface area contributed by atoms with Crippen molar-refractivity contribution in [2.24, 2.45) is 0 Å². The molecule has 0 saturated heterocycles. The van der Waals surface area contributed by atoms with Crippen LogP contribution in [-0.4, -0.2) is 21.3 Å². The van der Waals surface area contributed by atoms with Gasteiger partial charge in [-0.05, 0) is 24.8 Å². The standard InChI is InChI=1S/C11H9N5OS/c12-4-7-6-2-1-3-9(6)18-11(7)14-10(17)8-5-13-16-15-8/h5H,1-3H2,(H,14,17)(H,13,15,16). The second-order valence-electron chi connectivity index (χ2n) is 3.98. The number of aryl methyl sites for hydroxylation is 1. The summed E-state index contributed by atoms with van der Waals surface area (Å²) in [7, 11) is 0. The number of carbonyl (C=O) groups is 1. The monoisotopic (exact) mass is 259 g/mol. The number of anilines is 1. The Morgan fingerprint density at radius 1 is 1.56 bits per heavy atom. The van der Waals surface area contributed by atoms with Crippen molar-refractivity contribution in [3.05, 3.63) is 27.9 Å². The molecule has 0 atom stereocenters. The van der Waals surface area contributed by atoms with Crippen molar-refractivity contribution in [1.29, 1.82) is 5.26 Å². The van der Waals surface area contributed by atoms with E-state index in [4.69, 9.17) is 0 Å². The Bertz CT molecular complexity index is 637. The van der Waals surface area contributed by atoms with Crippen LogP contribution in [0.3, 0.4) is 0 Å². The van der Waals surface area contributed by atoms with Crippen molar-refractivity contribution in [2.45, 2.75) is 19.3 Å². The molecule has 0 fully saturated rings. The molecule has 1 aliphatic rings. The highest BCUT2D eigenvalue weighted by molar-refractivity contribution is 7.16. The van der Waals surface area contributed by atoms with Crippen molar-refractivity contribution < 1.29 is 4.79 Å². The van der Waals surface area contributed by atoms with E-state index < -0.39 is 0 Å². The highest BCUT2D eigenvalue weighted by Crippen LogP contribution is 2.38. The maximum atomic E-state index is 11.8. The molecule has 2 heterocycles. The van der Waals surface area contributed by atoms with Gasteiger partial charge in [0.15, 0.2) is 5.69 Å². The average Bonchev–Trinajstić information content (AvgIpc) is 3.04. The lowest BCUT2D eigenvalue weighted by molar-refractivity contribution is 0.102. The molecule has 3 rings (SSSR count). The normalized spacial score (nSPS) is 13.1. The van der Waals surface area contributed by atoms with Gasteiger partial charge in [0, 0.05) is 4.88 Å². The molecule has 1 aliphatic carbocycles. The molecule has 2 aromatic heterocycles. The molecular formula is C11H9N5OS. The Balaban J connectivity index is 1.90. The van der Waals surface area contributed by atoms with Crippen LogP contribution in [-0.2, 0) is 12.8 Å². The Morgan fingerprint density at radius 2 is 2.44 bits per heavy atom. The quantitative estimate of drug-likeness (QED) is 0.854. The van der Waals surface area contributed by atoms with Crippen molar-refractivity contribution in [1.82, 2.24) is 15.4 Å². The Hall–Kier alpha value is -2.20. The summed E-state index contributed by atoms with van der Waals surface area (Å²) in [5.41, 5.74) is 1.91. The maximum Gasteiger partial charge on any atom is 0.278 e. The number of nitriles is 1. The van der Waals surface area contributed by atoms with Gasteiger partial charge < -0.3 is 5.32 Å². The molecule has 0 bridgehead atoms. The lowest BCUT2D eigenvalue weighted by Crippen LogP contribution is -2.12. The Kier molecular flexibility index (Phi) is 2.57. The van der Waals surface area contributed by atoms with Gasteiger partial charge in [-0.3, -0.25) is 4.79 Å². The first-order chi connectivity index (χ1) is 8.79. The van der Waals surface area contributed by atoms with Crippen LogP contribution in [0.25, 0.3) is 0 Å². The van der Waals surface area contributed by atoms with Gasteiger partial charge in [0.05, 0.1) is 11.8 Å². The molecule has 0 unspecified atom stereocenters. The molecule has 0 aromatic carbocycles. The zero-order valence-corrected chi connectivity index (χ0v) is 10.2. The smallest absolute Gasteiger partial charge is 0.278 e. The number of amides is 1. The van der Waals surface area contributed by atoms with Crippen LogP contribution >= 0.6 is 11.3 Å². The molecule has 2 N–H and O–H groups in total. The van der Waals surface area contributed by atoms with E-state index >= 15 is 0 Å². The van der Waals surface area contributed by atoms with Gasteiger partial charge in [0.25, 0.3) is 5.91 Å². The van der Waals surface area contributed by atoms with E-state index in [1.165, 1.54) is 22.4 Å². The van der Waals surface area contributed by atoms with Crippen LogP contribution in [0.5, 0.6) is 0 Å². The fourth-order valence-corrected chi connectivity index (χ4v) is 3.32. The molecule has 0 spiro atoms. The summed E-state index contributed by atoms with van der Waals surface area (Å²) >= 11 is 1.49. The third kappa shape index (κ3) is 1.67. The van der Waals surface area contributed by atoms with Gasteiger partial charge in [-0.1, -0.05) is 0 Å². The van der Waals surface area contributed by atoms with Gasteiger partial charge in [0.2, 0.25) is 0 Å². The van der Waals surface area contributed by atoms with Gasteiger partial charge in [-0.2, -0.15) is 20.7 Å². The number of nitrogens with one attached hydrogen (secondary N) is 2. The molecule has 18 heavy (non-hydrogen) atoms. The SMILES string of the molecule is N#Cc1c(NC(=O)c2cn[nH]n2)sc2c1CCC2. The summed E-state index contributed by atoms with van der Waals surface area (Å²) in [6.45, 7) is 0. The summed E-state index contributed by atoms with van der Waals surface area (Å²) in [4.78, 5) is 13.0. The lowest BCUT2D eigenvalue weighted by atomic mass is 10.1. The van der Waals surface area contributed by atoms with E-state index in [2.05, 4.69) is 26.8 Å². The first-order valence-corrected chi connectivity index (χ1v) is 6.33. The van der Waals surface area contributed by atoms with Crippen molar-refractivity contribution >= 4 is 22.2 Å². The first-order valence-electron chi connectivity index (χ1n) is 5.51. The summed E-state index contributed by atoms with van der Waals surface area (Å²) in [6, 6.07) is 2.18. The van der Waals surface area contributed by atoms with Crippen molar-refractivity contribution in [3.8, 4) is 6.07 Å². The number of aromatic nitrogens is 3. The third-order valence-electron chi connectivity index (χ3n) is 2.91. The van der Waals surface area contributed by atoms with Crippen LogP contribution in [0, 0.1) is 11.3 Å². The fourth-order valence-electron chi connectivity index (χ4n) is 2.09. The molecule has 0 saturated carbocycles. The first kappa shape index (κ1) is 10.9. The van der Waals surface area contributed by atoms with Crippen LogP contribution in [0.15, 0.2) is 6.20 Å². The zero-order chi connectivity index (χ0) is 12.5. The number of rotatable bonds is 2. The number of aromatic amines is 1. The van der Waals surface area contributed by atoms with E-state index in [0.29, 0.717) is 10.6 Å². The van der Waals surface area contributed by atoms with Crippen molar-refractivity contribution in [2.75, 3.05) is 5.32 Å². The minimum Gasteiger partial charge on any atom is -0.311 e. The number of thiophene rings is 1. The van der Waals surface area contributed by atoms with Crippen molar-refractivity contribution in [3.63, 3.8) is 0 Å². The predicted octanol–water partition coefficient (Wildman–Crippen LogP) is 1.48. The number of nitrogens with zero attached hydrogens (tertiary/aromatic N) is 3.